The summed E-state index contributed by atoms with van der Waals surface area (Å²) in [6.07, 6.45) is 4.49. The first-order chi connectivity index (χ1) is 18.3. The Morgan fingerprint density at radius 2 is 1.79 bits per heavy atom. The Kier molecular flexibility index (Phi) is 5.09. The van der Waals surface area contributed by atoms with Gasteiger partial charge < -0.3 is 14.8 Å². The van der Waals surface area contributed by atoms with Crippen LogP contribution in [0.5, 0.6) is 0 Å². The molecule has 7 nitrogen and oxygen atoms in total. The van der Waals surface area contributed by atoms with Gasteiger partial charge in [0.15, 0.2) is 0 Å². The summed E-state index contributed by atoms with van der Waals surface area (Å²) < 4.78 is 1.81. The van der Waals surface area contributed by atoms with Crippen LogP contribution in [0.3, 0.4) is 0 Å². The van der Waals surface area contributed by atoms with Gasteiger partial charge in [0.05, 0.1) is 30.4 Å². The fraction of sp³-hybridized carbons (Fsp3) is 0.387. The van der Waals surface area contributed by atoms with E-state index in [1.165, 1.54) is 18.4 Å². The van der Waals surface area contributed by atoms with Gasteiger partial charge in [0.25, 0.3) is 5.56 Å². The third kappa shape index (κ3) is 3.51. The minimum Gasteiger partial charge on any atom is -0.360 e. The van der Waals surface area contributed by atoms with Crippen molar-refractivity contribution in [1.29, 1.82) is 0 Å². The van der Waals surface area contributed by atoms with E-state index in [4.69, 9.17) is 9.98 Å². The molecule has 3 aliphatic rings. The van der Waals surface area contributed by atoms with Crippen LogP contribution in [0.1, 0.15) is 46.1 Å². The number of aromatic nitrogens is 3. The first-order valence-electron chi connectivity index (χ1n) is 13.7. The molecule has 3 aliphatic heterocycles. The van der Waals surface area contributed by atoms with Gasteiger partial charge in [-0.1, -0.05) is 30.3 Å². The number of aliphatic imine (C=N–C) groups is 1. The number of aromatic amines is 1. The van der Waals surface area contributed by atoms with Crippen LogP contribution in [-0.4, -0.2) is 56.0 Å². The predicted molar refractivity (Wildman–Crippen MR) is 154 cm³/mol. The normalized spacial score (nSPS) is 19.9. The van der Waals surface area contributed by atoms with E-state index in [-0.39, 0.29) is 17.1 Å². The smallest absolute Gasteiger partial charge is 0.255 e. The van der Waals surface area contributed by atoms with Gasteiger partial charge >= 0.3 is 0 Å². The van der Waals surface area contributed by atoms with Crippen molar-refractivity contribution >= 4 is 22.7 Å². The minimum atomic E-state index is -0.161. The number of benzene rings is 2. The fourth-order valence-corrected chi connectivity index (χ4v) is 6.80. The monoisotopic (exact) mass is 506 g/mol. The van der Waals surface area contributed by atoms with Crippen LogP contribution in [-0.2, 0) is 6.54 Å². The van der Waals surface area contributed by atoms with Crippen LogP contribution >= 0.6 is 0 Å². The second-order valence-corrected chi connectivity index (χ2v) is 11.8. The van der Waals surface area contributed by atoms with E-state index in [0.717, 1.165) is 52.5 Å². The summed E-state index contributed by atoms with van der Waals surface area (Å²) >= 11 is 0. The van der Waals surface area contributed by atoms with Gasteiger partial charge in [-0.25, -0.2) is 4.98 Å². The number of amidine groups is 1. The highest BCUT2D eigenvalue weighted by Crippen LogP contribution is 2.36. The van der Waals surface area contributed by atoms with E-state index in [0.29, 0.717) is 18.3 Å². The van der Waals surface area contributed by atoms with Gasteiger partial charge in [0.1, 0.15) is 5.84 Å². The van der Waals surface area contributed by atoms with Crippen molar-refractivity contribution in [2.24, 2.45) is 4.99 Å². The first kappa shape index (κ1) is 23.3. The van der Waals surface area contributed by atoms with Gasteiger partial charge in [0, 0.05) is 46.9 Å². The number of rotatable bonds is 4. The first-order valence-corrected chi connectivity index (χ1v) is 13.7. The van der Waals surface area contributed by atoms with Gasteiger partial charge in [0.2, 0.25) is 5.95 Å². The molecular weight excluding hydrogens is 472 g/mol. The van der Waals surface area contributed by atoms with Crippen LogP contribution in [0.4, 0.5) is 5.95 Å². The van der Waals surface area contributed by atoms with Gasteiger partial charge in [-0.3, -0.25) is 14.4 Å². The van der Waals surface area contributed by atoms with Crippen molar-refractivity contribution in [3.63, 3.8) is 0 Å². The summed E-state index contributed by atoms with van der Waals surface area (Å²) in [6.45, 7) is 11.3. The lowest BCUT2D eigenvalue weighted by molar-refractivity contribution is 0.425. The number of hydrogen-bond acceptors (Lipinski definition) is 5. The third-order valence-electron chi connectivity index (χ3n) is 8.45. The molecule has 0 radical (unpaired) electrons. The molecule has 1 atom stereocenters. The highest BCUT2D eigenvalue weighted by Gasteiger charge is 2.39. The summed E-state index contributed by atoms with van der Waals surface area (Å²) in [6, 6.07) is 17.8. The molecule has 1 unspecified atom stereocenters. The van der Waals surface area contributed by atoms with Gasteiger partial charge in [-0.2, -0.15) is 0 Å². The molecule has 2 aromatic carbocycles. The Bertz CT molecular complexity index is 1640. The summed E-state index contributed by atoms with van der Waals surface area (Å²) in [7, 11) is 0. The quantitative estimate of drug-likeness (QED) is 0.408. The summed E-state index contributed by atoms with van der Waals surface area (Å²) in [5, 5.41) is 1.07. The third-order valence-corrected chi connectivity index (χ3v) is 8.45. The SMILES string of the molecule is CC(C)N1c2nc(-c3c[nH]c4ccc(-c5ccc(C6=NCC7CCCN67)cc5)cc34)cc(=O)n2CC1(C)C. The number of hydrogen-bond donors (Lipinski definition) is 1. The van der Waals surface area contributed by atoms with Crippen LogP contribution in [0.15, 0.2) is 64.5 Å². The standard InChI is InChI=1S/C31H34N6O/c1-19(2)37-30-34-27(15-28(38)36(30)18-31(37,3)4)25-17-32-26-12-11-22(14-24(25)26)20-7-9-21(10-8-20)29-33-16-23-6-5-13-35(23)29/h7-12,14-15,17,19,23,32H,5-6,13,16,18H2,1-4H3. The molecule has 7 rings (SSSR count). The van der Waals surface area contributed by atoms with Crippen molar-refractivity contribution in [3.8, 4) is 22.4 Å². The van der Waals surface area contributed by atoms with Crippen molar-refractivity contribution in [3.05, 3.63) is 70.6 Å². The van der Waals surface area contributed by atoms with E-state index in [2.05, 4.69) is 84.9 Å². The molecule has 1 N–H and O–H groups in total. The lowest BCUT2D eigenvalue weighted by Crippen LogP contribution is -2.45. The second kappa shape index (κ2) is 8.32. The zero-order valence-electron chi connectivity index (χ0n) is 22.5. The number of nitrogens with one attached hydrogen (secondary N) is 1. The van der Waals surface area contributed by atoms with Crippen molar-refractivity contribution in [1.82, 2.24) is 19.4 Å². The highest BCUT2D eigenvalue weighted by atomic mass is 16.1. The maximum atomic E-state index is 13.2. The Labute approximate surface area is 222 Å². The molecule has 2 aromatic heterocycles. The number of fused-ring (bicyclic) bond motifs is 3. The molecular formula is C31H34N6O. The van der Waals surface area contributed by atoms with Crippen LogP contribution in [0.2, 0.25) is 0 Å². The molecule has 4 aromatic rings. The van der Waals surface area contributed by atoms with E-state index in [9.17, 15) is 4.79 Å². The average Bonchev–Trinajstić information content (AvgIpc) is 3.65. The molecule has 38 heavy (non-hydrogen) atoms. The molecule has 0 saturated carbocycles. The Balaban J connectivity index is 1.25. The zero-order chi connectivity index (χ0) is 26.2. The number of anilines is 1. The van der Waals surface area contributed by atoms with Crippen LogP contribution in [0, 0.1) is 0 Å². The Morgan fingerprint density at radius 3 is 2.58 bits per heavy atom. The summed E-state index contributed by atoms with van der Waals surface area (Å²) in [5.41, 5.74) is 6.03. The fourth-order valence-electron chi connectivity index (χ4n) is 6.80. The van der Waals surface area contributed by atoms with Crippen LogP contribution < -0.4 is 10.5 Å². The molecule has 1 saturated heterocycles. The molecule has 7 heteroatoms. The molecule has 0 bridgehead atoms. The lowest BCUT2D eigenvalue weighted by atomic mass is 10.0. The molecule has 0 aliphatic carbocycles. The minimum absolute atomic E-state index is 0.00242. The molecule has 0 spiro atoms. The second-order valence-electron chi connectivity index (χ2n) is 11.8. The lowest BCUT2D eigenvalue weighted by Gasteiger charge is -2.35. The van der Waals surface area contributed by atoms with Crippen molar-refractivity contribution in [2.75, 3.05) is 18.0 Å². The molecule has 194 valence electrons. The maximum Gasteiger partial charge on any atom is 0.255 e. The average molecular weight is 507 g/mol. The number of nitrogens with zero attached hydrogens (tertiary/aromatic N) is 5. The summed E-state index contributed by atoms with van der Waals surface area (Å²) in [4.78, 5) is 31.2. The largest absolute Gasteiger partial charge is 0.360 e. The molecule has 5 heterocycles. The highest BCUT2D eigenvalue weighted by molar-refractivity contribution is 6.01. The Hall–Kier alpha value is -3.87. The van der Waals surface area contributed by atoms with Gasteiger partial charge in [-0.05, 0) is 63.8 Å². The summed E-state index contributed by atoms with van der Waals surface area (Å²) in [5.74, 6) is 1.90. The number of H-pyrrole nitrogens is 1. The van der Waals surface area contributed by atoms with Crippen molar-refractivity contribution < 1.29 is 0 Å². The van der Waals surface area contributed by atoms with E-state index in [1.807, 2.05) is 10.8 Å². The van der Waals surface area contributed by atoms with E-state index < -0.39 is 0 Å². The van der Waals surface area contributed by atoms with Crippen molar-refractivity contribution in [2.45, 2.75) is 64.7 Å². The maximum absolute atomic E-state index is 13.2. The van der Waals surface area contributed by atoms with E-state index >= 15 is 0 Å². The zero-order valence-corrected chi connectivity index (χ0v) is 22.5. The van der Waals surface area contributed by atoms with Crippen LogP contribution in [0.25, 0.3) is 33.3 Å². The van der Waals surface area contributed by atoms with Gasteiger partial charge in [-0.15, -0.1) is 0 Å². The molecule has 1 fully saturated rings. The molecule has 0 amide bonds. The topological polar surface area (TPSA) is 69.5 Å². The predicted octanol–water partition coefficient (Wildman–Crippen LogP) is 5.29. The van der Waals surface area contributed by atoms with E-state index in [1.54, 1.807) is 6.07 Å². The Morgan fingerprint density at radius 1 is 1.03 bits per heavy atom.